The number of carbonyl (C=O) groups is 1. The van der Waals surface area contributed by atoms with E-state index in [2.05, 4.69) is 15.9 Å². The van der Waals surface area contributed by atoms with Gasteiger partial charge in [0.25, 0.3) is 0 Å². The summed E-state index contributed by atoms with van der Waals surface area (Å²) in [6, 6.07) is 3.71. The molecule has 0 saturated heterocycles. The summed E-state index contributed by atoms with van der Waals surface area (Å²) in [7, 11) is 0. The second kappa shape index (κ2) is 4.43. The highest BCUT2D eigenvalue weighted by molar-refractivity contribution is 9.10. The first kappa shape index (κ1) is 11.0. The van der Waals surface area contributed by atoms with E-state index in [0.717, 1.165) is 4.47 Å². The Morgan fingerprint density at radius 2 is 2.21 bits per heavy atom. The van der Waals surface area contributed by atoms with Gasteiger partial charge < -0.3 is 15.9 Å². The first-order chi connectivity index (χ1) is 6.50. The second-order valence-electron chi connectivity index (χ2n) is 2.92. The molecule has 1 aromatic carbocycles. The van der Waals surface area contributed by atoms with Gasteiger partial charge in [-0.15, -0.1) is 0 Å². The van der Waals surface area contributed by atoms with Crippen LogP contribution in [0.3, 0.4) is 0 Å². The van der Waals surface area contributed by atoms with Crippen LogP contribution in [0.15, 0.2) is 22.7 Å². The Bertz CT molecular complexity index is 354. The van der Waals surface area contributed by atoms with Crippen molar-refractivity contribution in [1.29, 1.82) is 0 Å². The summed E-state index contributed by atoms with van der Waals surface area (Å²) in [6.07, 6.45) is 0.185. The summed E-state index contributed by atoms with van der Waals surface area (Å²) in [5.74, 6) is -0.957. The Balaban J connectivity index is 2.85. The van der Waals surface area contributed by atoms with Gasteiger partial charge in [0.2, 0.25) is 0 Å². The number of halogens is 1. The maximum absolute atomic E-state index is 10.5. The molecule has 0 heterocycles. The lowest BCUT2D eigenvalue weighted by atomic mass is 10.1. The van der Waals surface area contributed by atoms with E-state index in [1.165, 1.54) is 12.1 Å². The molecule has 0 aliphatic carbocycles. The van der Waals surface area contributed by atoms with E-state index in [4.69, 9.17) is 10.8 Å². The van der Waals surface area contributed by atoms with E-state index in [1.54, 1.807) is 6.07 Å². The fraction of sp³-hybridized carbons (Fsp3) is 0.222. The number of carboxylic acids is 1. The topological polar surface area (TPSA) is 83.5 Å². The van der Waals surface area contributed by atoms with Gasteiger partial charge in [-0.1, -0.05) is 15.9 Å². The Kier molecular flexibility index (Phi) is 3.49. The standard InChI is InChI=1S/C9H10BrNO3/c10-7-2-1-6(12)3-5(7)4-8(11)9(13)14/h1-3,8,12H,4,11H2,(H,13,14). The molecule has 1 unspecified atom stereocenters. The van der Waals surface area contributed by atoms with Gasteiger partial charge in [0, 0.05) is 4.47 Å². The lowest BCUT2D eigenvalue weighted by molar-refractivity contribution is -0.138. The Labute approximate surface area is 89.5 Å². The van der Waals surface area contributed by atoms with E-state index in [0.29, 0.717) is 5.56 Å². The maximum atomic E-state index is 10.5. The van der Waals surface area contributed by atoms with E-state index in [1.807, 2.05) is 0 Å². The van der Waals surface area contributed by atoms with Crippen molar-refractivity contribution in [2.45, 2.75) is 12.5 Å². The monoisotopic (exact) mass is 259 g/mol. The molecule has 0 radical (unpaired) electrons. The average molecular weight is 260 g/mol. The van der Waals surface area contributed by atoms with Crippen molar-refractivity contribution in [2.24, 2.45) is 5.73 Å². The number of nitrogens with two attached hydrogens (primary N) is 1. The zero-order valence-corrected chi connectivity index (χ0v) is 8.86. The number of hydrogen-bond donors (Lipinski definition) is 3. The first-order valence-corrected chi connectivity index (χ1v) is 4.76. The molecule has 0 bridgehead atoms. The van der Waals surface area contributed by atoms with Gasteiger partial charge in [-0.05, 0) is 30.2 Å². The van der Waals surface area contributed by atoms with Gasteiger partial charge >= 0.3 is 5.97 Å². The van der Waals surface area contributed by atoms with Crippen LogP contribution in [-0.2, 0) is 11.2 Å². The number of aromatic hydroxyl groups is 1. The summed E-state index contributed by atoms with van der Waals surface area (Å²) < 4.78 is 0.743. The second-order valence-corrected chi connectivity index (χ2v) is 3.78. The van der Waals surface area contributed by atoms with Crippen LogP contribution in [-0.4, -0.2) is 22.2 Å². The largest absolute Gasteiger partial charge is 0.508 e. The smallest absolute Gasteiger partial charge is 0.320 e. The molecule has 4 N–H and O–H groups in total. The molecule has 0 saturated carbocycles. The molecule has 5 heteroatoms. The van der Waals surface area contributed by atoms with Crippen LogP contribution in [0.25, 0.3) is 0 Å². The lowest BCUT2D eigenvalue weighted by Gasteiger charge is -2.08. The van der Waals surface area contributed by atoms with E-state index in [9.17, 15) is 9.90 Å². The molecule has 0 aromatic heterocycles. The third kappa shape index (κ3) is 2.71. The molecular formula is C9H10BrNO3. The molecule has 1 aromatic rings. The predicted octanol–water partition coefficient (Wildman–Crippen LogP) is 1.11. The molecule has 0 fully saturated rings. The predicted molar refractivity (Wildman–Crippen MR) is 55.1 cm³/mol. The van der Waals surface area contributed by atoms with Gasteiger partial charge in [-0.2, -0.15) is 0 Å². The number of phenolic OH excluding ortho intramolecular Hbond substituents is 1. The zero-order chi connectivity index (χ0) is 10.7. The van der Waals surface area contributed by atoms with Crippen LogP contribution in [0.2, 0.25) is 0 Å². The molecule has 0 amide bonds. The fourth-order valence-electron chi connectivity index (χ4n) is 1.04. The lowest BCUT2D eigenvalue weighted by Crippen LogP contribution is -2.32. The van der Waals surface area contributed by atoms with Gasteiger partial charge in [-0.3, -0.25) is 4.79 Å². The van der Waals surface area contributed by atoms with Crippen LogP contribution in [0.5, 0.6) is 5.75 Å². The van der Waals surface area contributed by atoms with Crippen LogP contribution in [0.1, 0.15) is 5.56 Å². The minimum Gasteiger partial charge on any atom is -0.508 e. The summed E-state index contributed by atoms with van der Waals surface area (Å²) in [4.78, 5) is 10.5. The average Bonchev–Trinajstić information content (AvgIpc) is 2.11. The molecule has 4 nitrogen and oxygen atoms in total. The molecule has 1 rings (SSSR count). The Morgan fingerprint density at radius 3 is 2.79 bits per heavy atom. The minimum atomic E-state index is -1.06. The molecule has 76 valence electrons. The fourth-order valence-corrected chi connectivity index (χ4v) is 1.45. The number of benzene rings is 1. The summed E-state index contributed by atoms with van der Waals surface area (Å²) in [5.41, 5.74) is 6.05. The highest BCUT2D eigenvalue weighted by Crippen LogP contribution is 2.22. The minimum absolute atomic E-state index is 0.0980. The molecule has 0 aliphatic heterocycles. The quantitative estimate of drug-likeness (QED) is 0.760. The third-order valence-corrected chi connectivity index (χ3v) is 2.56. The van der Waals surface area contributed by atoms with Crippen molar-refractivity contribution in [1.82, 2.24) is 0 Å². The Morgan fingerprint density at radius 1 is 1.57 bits per heavy atom. The summed E-state index contributed by atoms with van der Waals surface area (Å²) in [5, 5.41) is 17.8. The number of phenols is 1. The molecular weight excluding hydrogens is 250 g/mol. The van der Waals surface area contributed by atoms with Crippen LogP contribution in [0.4, 0.5) is 0 Å². The highest BCUT2D eigenvalue weighted by atomic mass is 79.9. The Hall–Kier alpha value is -1.07. The van der Waals surface area contributed by atoms with Crippen LogP contribution in [0, 0.1) is 0 Å². The van der Waals surface area contributed by atoms with E-state index in [-0.39, 0.29) is 12.2 Å². The van der Waals surface area contributed by atoms with Crippen LogP contribution < -0.4 is 5.73 Å². The zero-order valence-electron chi connectivity index (χ0n) is 7.27. The van der Waals surface area contributed by atoms with Crippen LogP contribution >= 0.6 is 15.9 Å². The van der Waals surface area contributed by atoms with Crippen molar-refractivity contribution >= 4 is 21.9 Å². The van der Waals surface area contributed by atoms with Gasteiger partial charge in [0.1, 0.15) is 11.8 Å². The van der Waals surface area contributed by atoms with E-state index >= 15 is 0 Å². The number of carboxylic acid groups (broad SMARTS) is 1. The van der Waals surface area contributed by atoms with Crippen molar-refractivity contribution in [3.05, 3.63) is 28.2 Å². The van der Waals surface area contributed by atoms with Crippen molar-refractivity contribution < 1.29 is 15.0 Å². The van der Waals surface area contributed by atoms with Crippen molar-refractivity contribution in [2.75, 3.05) is 0 Å². The molecule has 1 atom stereocenters. The number of hydrogen-bond acceptors (Lipinski definition) is 3. The molecule has 0 aliphatic rings. The van der Waals surface area contributed by atoms with Gasteiger partial charge in [0.15, 0.2) is 0 Å². The van der Waals surface area contributed by atoms with Crippen molar-refractivity contribution in [3.8, 4) is 5.75 Å². The molecule has 14 heavy (non-hydrogen) atoms. The first-order valence-electron chi connectivity index (χ1n) is 3.96. The SMILES string of the molecule is NC(Cc1cc(O)ccc1Br)C(=O)O. The third-order valence-electron chi connectivity index (χ3n) is 1.79. The maximum Gasteiger partial charge on any atom is 0.320 e. The van der Waals surface area contributed by atoms with Gasteiger partial charge in [-0.25, -0.2) is 0 Å². The van der Waals surface area contributed by atoms with E-state index < -0.39 is 12.0 Å². The van der Waals surface area contributed by atoms with Crippen molar-refractivity contribution in [3.63, 3.8) is 0 Å². The normalized spacial score (nSPS) is 12.4. The number of rotatable bonds is 3. The summed E-state index contributed by atoms with van der Waals surface area (Å²) >= 11 is 3.25. The number of aliphatic carboxylic acids is 1. The van der Waals surface area contributed by atoms with Gasteiger partial charge in [0.05, 0.1) is 0 Å². The highest BCUT2D eigenvalue weighted by Gasteiger charge is 2.14. The summed E-state index contributed by atoms with van der Waals surface area (Å²) in [6.45, 7) is 0. The molecule has 0 spiro atoms.